The fourth-order valence-electron chi connectivity index (χ4n) is 0.926. The van der Waals surface area contributed by atoms with Gasteiger partial charge in [-0.05, 0) is 20.8 Å². The van der Waals surface area contributed by atoms with E-state index >= 15 is 0 Å². The van der Waals surface area contributed by atoms with Gasteiger partial charge in [-0.2, -0.15) is 0 Å². The highest BCUT2D eigenvalue weighted by atomic mass is 16.5. The lowest BCUT2D eigenvalue weighted by Gasteiger charge is -2.12. The number of ketones is 1. The van der Waals surface area contributed by atoms with Gasteiger partial charge in [-0.1, -0.05) is 0 Å². The van der Waals surface area contributed by atoms with E-state index in [0.29, 0.717) is 12.5 Å². The Morgan fingerprint density at radius 1 is 1.73 bits per heavy atom. The van der Waals surface area contributed by atoms with E-state index in [9.17, 15) is 4.79 Å². The molecule has 0 radical (unpaired) electrons. The quantitative estimate of drug-likeness (QED) is 0.569. The van der Waals surface area contributed by atoms with Crippen LogP contribution in [0.2, 0.25) is 0 Å². The lowest BCUT2D eigenvalue weighted by Crippen LogP contribution is -2.34. The van der Waals surface area contributed by atoms with Gasteiger partial charge in [0.25, 0.3) is 0 Å². The normalized spacial score (nSPS) is 24.5. The van der Waals surface area contributed by atoms with E-state index in [1.165, 1.54) is 13.0 Å². The van der Waals surface area contributed by atoms with Gasteiger partial charge in [0, 0.05) is 6.08 Å². The number of carbonyl (C=O) groups is 1. The Labute approximate surface area is 66.4 Å². The number of nitrogens with one attached hydrogen (secondary N) is 1. The van der Waals surface area contributed by atoms with E-state index in [1.54, 1.807) is 0 Å². The number of rotatable bonds is 1. The smallest absolute Gasteiger partial charge is 0.190 e. The molecule has 0 unspecified atom stereocenters. The Morgan fingerprint density at radius 3 is 2.73 bits per heavy atom. The highest BCUT2D eigenvalue weighted by Crippen LogP contribution is 2.15. The van der Waals surface area contributed by atoms with Crippen molar-refractivity contribution < 1.29 is 9.53 Å². The van der Waals surface area contributed by atoms with Crippen LogP contribution in [-0.4, -0.2) is 17.9 Å². The van der Waals surface area contributed by atoms with Crippen LogP contribution in [0.5, 0.6) is 0 Å². The number of carbonyl (C=O) groups excluding carboxylic acids is 1. The Balaban J connectivity index is 2.61. The van der Waals surface area contributed by atoms with Crippen molar-refractivity contribution in [1.82, 2.24) is 5.32 Å². The molecule has 62 valence electrons. The van der Waals surface area contributed by atoms with Crippen LogP contribution in [0.25, 0.3) is 0 Å². The second-order valence-corrected chi connectivity index (χ2v) is 3.42. The van der Waals surface area contributed by atoms with E-state index in [2.05, 4.69) is 5.32 Å². The molecule has 0 bridgehead atoms. The molecule has 3 heteroatoms. The first-order valence-corrected chi connectivity index (χ1v) is 3.63. The number of hydrogen-bond donors (Lipinski definition) is 1. The predicted octanol–water partition coefficient (Wildman–Crippen LogP) is 0.815. The molecule has 1 heterocycles. The maximum Gasteiger partial charge on any atom is 0.190 e. The molecule has 0 aromatic rings. The maximum absolute atomic E-state index is 10.6. The van der Waals surface area contributed by atoms with Gasteiger partial charge >= 0.3 is 0 Å². The van der Waals surface area contributed by atoms with Gasteiger partial charge < -0.3 is 10.1 Å². The van der Waals surface area contributed by atoms with E-state index in [4.69, 9.17) is 4.74 Å². The minimum absolute atomic E-state index is 0.00481. The summed E-state index contributed by atoms with van der Waals surface area (Å²) in [4.78, 5) is 10.6. The summed E-state index contributed by atoms with van der Waals surface area (Å²) >= 11 is 0. The van der Waals surface area contributed by atoms with Crippen molar-refractivity contribution in [1.29, 1.82) is 0 Å². The first-order chi connectivity index (χ1) is 4.99. The molecular formula is C8H13NO2. The average Bonchev–Trinajstić information content (AvgIpc) is 2.08. The third kappa shape index (κ3) is 2.26. The van der Waals surface area contributed by atoms with E-state index in [0.717, 1.165) is 0 Å². The molecule has 0 spiro atoms. The fourth-order valence-corrected chi connectivity index (χ4v) is 0.926. The summed E-state index contributed by atoms with van der Waals surface area (Å²) in [5.41, 5.74) is -0.0404. The molecule has 0 aromatic heterocycles. The van der Waals surface area contributed by atoms with Crippen LogP contribution in [0.4, 0.5) is 0 Å². The zero-order valence-electron chi connectivity index (χ0n) is 7.10. The highest BCUT2D eigenvalue weighted by Gasteiger charge is 2.26. The van der Waals surface area contributed by atoms with Crippen LogP contribution in [0, 0.1) is 0 Å². The summed E-state index contributed by atoms with van der Waals surface area (Å²) in [6.07, 6.45) is 1.47. The first kappa shape index (κ1) is 8.11. The van der Waals surface area contributed by atoms with Gasteiger partial charge in [0.05, 0.1) is 5.54 Å². The minimum Gasteiger partial charge on any atom is -0.477 e. The SMILES string of the molecule is CC(=O)C=C1NC(C)(C)CO1. The predicted molar refractivity (Wildman–Crippen MR) is 41.9 cm³/mol. The summed E-state index contributed by atoms with van der Waals surface area (Å²) in [5, 5.41) is 3.08. The van der Waals surface area contributed by atoms with Gasteiger partial charge in [0.2, 0.25) is 0 Å². The number of allylic oxidation sites excluding steroid dienone is 1. The summed E-state index contributed by atoms with van der Waals surface area (Å²) in [7, 11) is 0. The Bertz CT molecular complexity index is 206. The molecule has 1 N–H and O–H groups in total. The fraction of sp³-hybridized carbons (Fsp3) is 0.625. The van der Waals surface area contributed by atoms with E-state index in [-0.39, 0.29) is 11.3 Å². The summed E-state index contributed by atoms with van der Waals surface area (Å²) in [6, 6.07) is 0. The largest absolute Gasteiger partial charge is 0.477 e. The Morgan fingerprint density at radius 2 is 2.36 bits per heavy atom. The van der Waals surface area contributed by atoms with Crippen LogP contribution in [0.1, 0.15) is 20.8 Å². The van der Waals surface area contributed by atoms with Crippen LogP contribution >= 0.6 is 0 Å². The van der Waals surface area contributed by atoms with Gasteiger partial charge in [0.1, 0.15) is 6.61 Å². The Hall–Kier alpha value is -0.990. The Kier molecular flexibility index (Phi) is 1.89. The van der Waals surface area contributed by atoms with Crippen molar-refractivity contribution in [2.75, 3.05) is 6.61 Å². The van der Waals surface area contributed by atoms with Crippen molar-refractivity contribution in [3.8, 4) is 0 Å². The van der Waals surface area contributed by atoms with Crippen LogP contribution in [0.3, 0.4) is 0 Å². The first-order valence-electron chi connectivity index (χ1n) is 3.63. The molecule has 1 fully saturated rings. The molecule has 1 rings (SSSR count). The van der Waals surface area contributed by atoms with Crippen molar-refractivity contribution in [3.63, 3.8) is 0 Å². The zero-order chi connectivity index (χ0) is 8.48. The molecule has 11 heavy (non-hydrogen) atoms. The van der Waals surface area contributed by atoms with Crippen molar-refractivity contribution in [3.05, 3.63) is 12.0 Å². The second-order valence-electron chi connectivity index (χ2n) is 3.42. The van der Waals surface area contributed by atoms with Gasteiger partial charge in [-0.15, -0.1) is 0 Å². The molecule has 1 aliphatic heterocycles. The van der Waals surface area contributed by atoms with Gasteiger partial charge in [0.15, 0.2) is 11.7 Å². The summed E-state index contributed by atoms with van der Waals surface area (Å²) < 4.78 is 5.21. The lowest BCUT2D eigenvalue weighted by molar-refractivity contribution is -0.112. The topological polar surface area (TPSA) is 38.3 Å². The third-order valence-corrected chi connectivity index (χ3v) is 1.38. The standard InChI is InChI=1S/C8H13NO2/c1-6(10)4-7-9-8(2,3)5-11-7/h4,9H,5H2,1-3H3. The second kappa shape index (κ2) is 2.57. The molecule has 3 nitrogen and oxygen atoms in total. The molecule has 0 atom stereocenters. The van der Waals surface area contributed by atoms with Crippen LogP contribution < -0.4 is 5.32 Å². The zero-order valence-corrected chi connectivity index (χ0v) is 7.10. The lowest BCUT2D eigenvalue weighted by atomic mass is 10.1. The van der Waals surface area contributed by atoms with E-state index < -0.39 is 0 Å². The molecule has 0 aliphatic carbocycles. The molecule has 0 aromatic carbocycles. The highest BCUT2D eigenvalue weighted by molar-refractivity contribution is 5.87. The molecular weight excluding hydrogens is 142 g/mol. The number of ether oxygens (including phenoxy) is 1. The van der Waals surface area contributed by atoms with Crippen molar-refractivity contribution in [2.24, 2.45) is 0 Å². The summed E-state index contributed by atoms with van der Waals surface area (Å²) in [6.45, 7) is 6.16. The maximum atomic E-state index is 10.6. The molecule has 1 aliphatic rings. The monoisotopic (exact) mass is 155 g/mol. The minimum atomic E-state index is -0.0404. The number of hydrogen-bond acceptors (Lipinski definition) is 3. The van der Waals surface area contributed by atoms with Crippen LogP contribution in [0.15, 0.2) is 12.0 Å². The third-order valence-electron chi connectivity index (χ3n) is 1.38. The van der Waals surface area contributed by atoms with Crippen molar-refractivity contribution >= 4 is 5.78 Å². The molecule has 0 amide bonds. The molecule has 0 saturated carbocycles. The molecule has 1 saturated heterocycles. The van der Waals surface area contributed by atoms with Gasteiger partial charge in [-0.25, -0.2) is 0 Å². The van der Waals surface area contributed by atoms with E-state index in [1.807, 2.05) is 13.8 Å². The van der Waals surface area contributed by atoms with Gasteiger partial charge in [-0.3, -0.25) is 4.79 Å². The summed E-state index contributed by atoms with van der Waals surface area (Å²) in [5.74, 6) is 0.590. The van der Waals surface area contributed by atoms with Crippen molar-refractivity contribution in [2.45, 2.75) is 26.3 Å². The van der Waals surface area contributed by atoms with Crippen LogP contribution in [-0.2, 0) is 9.53 Å². The average molecular weight is 155 g/mol.